The van der Waals surface area contributed by atoms with E-state index in [0.29, 0.717) is 21.7 Å². The predicted octanol–water partition coefficient (Wildman–Crippen LogP) is 3.02. The quantitative estimate of drug-likeness (QED) is 0.564. The zero-order valence-corrected chi connectivity index (χ0v) is 15.7. The monoisotopic (exact) mass is 385 g/mol. The molecule has 4 aromatic heterocycles. The molecule has 7 nitrogen and oxygen atoms in total. The number of hydrogen-bond donors (Lipinski definition) is 2. The predicted molar refractivity (Wildman–Crippen MR) is 103 cm³/mol. The topological polar surface area (TPSA) is 94.7 Å². The molecule has 0 aliphatic heterocycles. The Hall–Kier alpha value is -2.78. The number of nitrogens with zero attached hydrogens (tertiary/aromatic N) is 3. The molecule has 0 saturated carbocycles. The lowest BCUT2D eigenvalue weighted by atomic mass is 10.3. The number of H-pyrrole nitrogens is 2. The van der Waals surface area contributed by atoms with Crippen LogP contribution in [0.5, 0.6) is 0 Å². The van der Waals surface area contributed by atoms with Crippen LogP contribution in [0, 0.1) is 6.92 Å². The molecule has 4 heterocycles. The fourth-order valence-corrected chi connectivity index (χ4v) is 4.18. The van der Waals surface area contributed by atoms with E-state index >= 15 is 0 Å². The molecule has 0 bridgehead atoms. The van der Waals surface area contributed by atoms with E-state index in [4.69, 9.17) is 0 Å². The van der Waals surface area contributed by atoms with Gasteiger partial charge < -0.3 is 9.88 Å². The van der Waals surface area contributed by atoms with Crippen LogP contribution in [0.4, 0.5) is 0 Å². The van der Waals surface area contributed by atoms with Crippen molar-refractivity contribution in [2.75, 3.05) is 7.05 Å². The van der Waals surface area contributed by atoms with Crippen LogP contribution in [-0.2, 0) is 6.54 Å². The summed E-state index contributed by atoms with van der Waals surface area (Å²) in [6, 6.07) is 7.55. The summed E-state index contributed by atoms with van der Waals surface area (Å²) in [5, 5.41) is 8.85. The van der Waals surface area contributed by atoms with E-state index in [2.05, 4.69) is 20.2 Å². The summed E-state index contributed by atoms with van der Waals surface area (Å²) < 4.78 is 0.589. The summed E-state index contributed by atoms with van der Waals surface area (Å²) in [6.07, 6.45) is 0. The number of hydrogen-bond acceptors (Lipinski definition) is 6. The van der Waals surface area contributed by atoms with Gasteiger partial charge >= 0.3 is 0 Å². The van der Waals surface area contributed by atoms with Crippen molar-refractivity contribution in [3.05, 3.63) is 56.4 Å². The first-order chi connectivity index (χ1) is 12.5. The number of thiophene rings is 2. The van der Waals surface area contributed by atoms with Gasteiger partial charge in [0.15, 0.2) is 5.69 Å². The molecular weight excluding hydrogens is 370 g/mol. The highest BCUT2D eigenvalue weighted by Crippen LogP contribution is 2.26. The highest BCUT2D eigenvalue weighted by molar-refractivity contribution is 7.17. The fraction of sp³-hybridized carbons (Fsp3) is 0.176. The highest BCUT2D eigenvalue weighted by atomic mass is 32.1. The van der Waals surface area contributed by atoms with Gasteiger partial charge in [0.1, 0.15) is 10.5 Å². The van der Waals surface area contributed by atoms with Crippen molar-refractivity contribution in [2.45, 2.75) is 13.5 Å². The van der Waals surface area contributed by atoms with Crippen molar-refractivity contribution in [3.63, 3.8) is 0 Å². The van der Waals surface area contributed by atoms with E-state index in [1.807, 2.05) is 24.4 Å². The first-order valence-electron chi connectivity index (χ1n) is 7.85. The van der Waals surface area contributed by atoms with Crippen molar-refractivity contribution in [1.29, 1.82) is 0 Å². The van der Waals surface area contributed by atoms with Crippen LogP contribution >= 0.6 is 22.7 Å². The molecule has 2 N–H and O–H groups in total. The van der Waals surface area contributed by atoms with Crippen LogP contribution in [0.1, 0.15) is 21.2 Å². The summed E-state index contributed by atoms with van der Waals surface area (Å²) in [4.78, 5) is 35.5. The first kappa shape index (κ1) is 16.7. The molecule has 1 amide bonds. The van der Waals surface area contributed by atoms with Crippen molar-refractivity contribution in [3.8, 4) is 10.6 Å². The number of aromatic nitrogens is 4. The largest absolute Gasteiger partial charge is 0.333 e. The lowest BCUT2D eigenvalue weighted by Crippen LogP contribution is -2.28. The molecule has 26 heavy (non-hydrogen) atoms. The number of amides is 1. The minimum Gasteiger partial charge on any atom is -0.333 e. The molecule has 0 fully saturated rings. The van der Waals surface area contributed by atoms with Gasteiger partial charge in [-0.1, -0.05) is 0 Å². The Balaban J connectivity index is 1.54. The van der Waals surface area contributed by atoms with E-state index in [0.717, 1.165) is 10.6 Å². The van der Waals surface area contributed by atoms with Crippen LogP contribution in [0.15, 0.2) is 34.4 Å². The second-order valence-corrected chi connectivity index (χ2v) is 8.09. The lowest BCUT2D eigenvalue weighted by molar-refractivity contribution is 0.0775. The maximum absolute atomic E-state index is 12.6. The van der Waals surface area contributed by atoms with Gasteiger partial charge in [-0.25, -0.2) is 4.98 Å². The van der Waals surface area contributed by atoms with Gasteiger partial charge in [-0.15, -0.1) is 22.7 Å². The zero-order chi connectivity index (χ0) is 18.3. The maximum atomic E-state index is 12.6. The maximum Gasteiger partial charge on any atom is 0.274 e. The highest BCUT2D eigenvalue weighted by Gasteiger charge is 2.18. The van der Waals surface area contributed by atoms with Crippen molar-refractivity contribution in [1.82, 2.24) is 25.1 Å². The molecule has 4 aromatic rings. The second kappa shape index (κ2) is 6.50. The fourth-order valence-electron chi connectivity index (χ4n) is 2.63. The number of carbonyl (C=O) groups is 1. The van der Waals surface area contributed by atoms with Gasteiger partial charge in [-0.2, -0.15) is 5.10 Å². The zero-order valence-electron chi connectivity index (χ0n) is 14.1. The van der Waals surface area contributed by atoms with E-state index in [9.17, 15) is 9.59 Å². The summed E-state index contributed by atoms with van der Waals surface area (Å²) in [7, 11) is 1.66. The smallest absolute Gasteiger partial charge is 0.274 e. The molecule has 0 spiro atoms. The summed E-state index contributed by atoms with van der Waals surface area (Å²) in [5.41, 5.74) is 1.60. The molecule has 0 aromatic carbocycles. The van der Waals surface area contributed by atoms with Crippen LogP contribution in [0.2, 0.25) is 0 Å². The third kappa shape index (κ3) is 3.06. The molecule has 0 atom stereocenters. The number of nitrogens with one attached hydrogen (secondary N) is 2. The molecule has 4 rings (SSSR count). The van der Waals surface area contributed by atoms with Gasteiger partial charge in [0.25, 0.3) is 11.5 Å². The Kier molecular flexibility index (Phi) is 4.17. The van der Waals surface area contributed by atoms with E-state index in [1.54, 1.807) is 30.5 Å². The molecule has 0 aliphatic carbocycles. The minimum atomic E-state index is -0.242. The van der Waals surface area contributed by atoms with Crippen LogP contribution in [-0.4, -0.2) is 38.0 Å². The molecule has 9 heteroatoms. The number of aromatic amines is 2. The molecule has 0 radical (unpaired) electrons. The van der Waals surface area contributed by atoms with Gasteiger partial charge in [0.2, 0.25) is 0 Å². The van der Waals surface area contributed by atoms with Gasteiger partial charge in [-0.3, -0.25) is 14.7 Å². The van der Waals surface area contributed by atoms with Crippen molar-refractivity contribution in [2.24, 2.45) is 0 Å². The summed E-state index contributed by atoms with van der Waals surface area (Å²) in [6.45, 7) is 2.22. The molecule has 0 unspecified atom stereocenters. The number of aryl methyl sites for hydroxylation is 1. The molecule has 0 saturated heterocycles. The standard InChI is InChI=1S/C17H15N5O2S2/c1-9-3-4-13(26-9)11-7-12(21-20-11)17(24)22(2)8-14-18-10-5-6-25-15(10)16(23)19-14/h3-7H,8H2,1-2H3,(H,20,21)(H,18,19,23). The lowest BCUT2D eigenvalue weighted by Gasteiger charge is -2.14. The third-order valence-corrected chi connectivity index (χ3v) is 5.84. The molecular formula is C17H15N5O2S2. The van der Waals surface area contributed by atoms with Gasteiger partial charge in [0, 0.05) is 11.9 Å². The normalized spacial score (nSPS) is 11.2. The number of carbonyl (C=O) groups excluding carboxylic acids is 1. The summed E-state index contributed by atoms with van der Waals surface area (Å²) >= 11 is 2.98. The molecule has 0 aliphatic rings. The molecule has 132 valence electrons. The van der Waals surface area contributed by atoms with Gasteiger partial charge in [0.05, 0.1) is 22.6 Å². The van der Waals surface area contributed by atoms with E-state index in [-0.39, 0.29) is 18.0 Å². The Morgan fingerprint density at radius 2 is 2.15 bits per heavy atom. The minimum absolute atomic E-state index is 0.184. The number of fused-ring (bicyclic) bond motifs is 1. The second-order valence-electron chi connectivity index (χ2n) is 5.89. The van der Waals surface area contributed by atoms with Crippen LogP contribution in [0.3, 0.4) is 0 Å². The van der Waals surface area contributed by atoms with Crippen LogP contribution in [0.25, 0.3) is 20.8 Å². The van der Waals surface area contributed by atoms with Crippen molar-refractivity contribution < 1.29 is 4.79 Å². The van der Waals surface area contributed by atoms with Crippen LogP contribution < -0.4 is 5.56 Å². The first-order valence-corrected chi connectivity index (χ1v) is 9.55. The number of rotatable bonds is 4. The summed E-state index contributed by atoms with van der Waals surface area (Å²) in [5.74, 6) is 0.204. The third-order valence-electron chi connectivity index (χ3n) is 3.90. The SMILES string of the molecule is Cc1ccc(-c2cc(C(=O)N(C)Cc3nc4ccsc4c(=O)[nH]3)n[nH]2)s1. The van der Waals surface area contributed by atoms with Crippen molar-refractivity contribution >= 4 is 38.8 Å². The Morgan fingerprint density at radius 3 is 2.92 bits per heavy atom. The van der Waals surface area contributed by atoms with E-state index in [1.165, 1.54) is 21.1 Å². The Labute approximate surface area is 156 Å². The average molecular weight is 385 g/mol. The average Bonchev–Trinajstić information content (AvgIpc) is 3.33. The van der Waals surface area contributed by atoms with Gasteiger partial charge in [-0.05, 0) is 36.6 Å². The van der Waals surface area contributed by atoms with E-state index < -0.39 is 0 Å². The Morgan fingerprint density at radius 1 is 1.31 bits per heavy atom. The Bertz CT molecular complexity index is 1150.